The van der Waals surface area contributed by atoms with Gasteiger partial charge >= 0.3 is 0 Å². The number of hydrogen-bond donors (Lipinski definition) is 1. The van der Waals surface area contributed by atoms with Gasteiger partial charge in [-0.25, -0.2) is 0 Å². The Morgan fingerprint density at radius 3 is 2.91 bits per heavy atom. The SMILES string of the molecule is C=C(OC)[C@@H]1C[C@H](I)C(=O)N1. The van der Waals surface area contributed by atoms with Crippen LogP contribution < -0.4 is 5.32 Å². The Morgan fingerprint density at radius 1 is 1.91 bits per heavy atom. The molecule has 1 aliphatic heterocycles. The van der Waals surface area contributed by atoms with E-state index in [1.54, 1.807) is 7.11 Å². The predicted octanol–water partition coefficient (Wildman–Crippen LogP) is 0.839. The number of carbonyl (C=O) groups is 1. The van der Waals surface area contributed by atoms with Crippen molar-refractivity contribution in [3.63, 3.8) is 0 Å². The maximum Gasteiger partial charge on any atom is 0.233 e. The average molecular weight is 267 g/mol. The van der Waals surface area contributed by atoms with E-state index in [-0.39, 0.29) is 15.9 Å². The van der Waals surface area contributed by atoms with E-state index in [2.05, 4.69) is 34.5 Å². The molecule has 0 aromatic heterocycles. The van der Waals surface area contributed by atoms with Crippen LogP contribution >= 0.6 is 22.6 Å². The Bertz CT molecular complexity index is 193. The number of hydrogen-bond acceptors (Lipinski definition) is 2. The van der Waals surface area contributed by atoms with Gasteiger partial charge in [0.1, 0.15) is 5.76 Å². The van der Waals surface area contributed by atoms with Crippen molar-refractivity contribution >= 4 is 28.5 Å². The zero-order chi connectivity index (χ0) is 8.43. The molecule has 1 N–H and O–H groups in total. The van der Waals surface area contributed by atoms with Gasteiger partial charge in [0.05, 0.1) is 17.1 Å². The van der Waals surface area contributed by atoms with Gasteiger partial charge in [-0.3, -0.25) is 4.79 Å². The van der Waals surface area contributed by atoms with Crippen LogP contribution in [0.4, 0.5) is 0 Å². The van der Waals surface area contributed by atoms with Crippen LogP contribution in [0.1, 0.15) is 6.42 Å². The van der Waals surface area contributed by atoms with Crippen molar-refractivity contribution in [3.8, 4) is 0 Å². The molecule has 0 unspecified atom stereocenters. The second-order valence-electron chi connectivity index (χ2n) is 2.43. The number of rotatable bonds is 2. The first kappa shape index (κ1) is 8.83. The number of ether oxygens (including phenoxy) is 1. The minimum Gasteiger partial charge on any atom is -0.500 e. The van der Waals surface area contributed by atoms with E-state index in [0.29, 0.717) is 5.76 Å². The van der Waals surface area contributed by atoms with Crippen molar-refractivity contribution in [2.75, 3.05) is 7.11 Å². The standard InChI is InChI=1S/C7H10INO2/c1-4(11-2)6-3-5(8)7(10)9-6/h5-6H,1,3H2,2H3,(H,9,10)/t5-,6-/m0/s1. The van der Waals surface area contributed by atoms with Gasteiger partial charge in [-0.15, -0.1) is 0 Å². The molecule has 0 spiro atoms. The van der Waals surface area contributed by atoms with Gasteiger partial charge in [0, 0.05) is 0 Å². The van der Waals surface area contributed by atoms with E-state index >= 15 is 0 Å². The summed E-state index contributed by atoms with van der Waals surface area (Å²) in [5, 5.41) is 2.78. The van der Waals surface area contributed by atoms with Crippen molar-refractivity contribution in [2.24, 2.45) is 0 Å². The Labute approximate surface area is 79.3 Å². The third-order valence-electron chi connectivity index (χ3n) is 1.69. The summed E-state index contributed by atoms with van der Waals surface area (Å²) in [7, 11) is 1.56. The van der Waals surface area contributed by atoms with E-state index < -0.39 is 0 Å². The quantitative estimate of drug-likeness (QED) is 0.457. The van der Waals surface area contributed by atoms with E-state index in [1.807, 2.05) is 0 Å². The summed E-state index contributed by atoms with van der Waals surface area (Å²) in [6.07, 6.45) is 0.784. The maximum absolute atomic E-state index is 11.0. The molecule has 1 amide bonds. The molecule has 0 radical (unpaired) electrons. The topological polar surface area (TPSA) is 38.3 Å². The largest absolute Gasteiger partial charge is 0.500 e. The lowest BCUT2D eigenvalue weighted by atomic mass is 10.2. The van der Waals surface area contributed by atoms with Crippen LogP contribution in [0.5, 0.6) is 0 Å². The highest BCUT2D eigenvalue weighted by atomic mass is 127. The summed E-state index contributed by atoms with van der Waals surface area (Å²) >= 11 is 2.11. The molecule has 1 rings (SSSR count). The molecule has 0 bridgehead atoms. The molecule has 11 heavy (non-hydrogen) atoms. The van der Waals surface area contributed by atoms with Crippen LogP contribution in [0.15, 0.2) is 12.3 Å². The van der Waals surface area contributed by atoms with Gasteiger partial charge in [0.2, 0.25) is 5.91 Å². The predicted molar refractivity (Wildman–Crippen MR) is 50.5 cm³/mol. The number of methoxy groups -OCH3 is 1. The molecule has 1 saturated heterocycles. The van der Waals surface area contributed by atoms with Crippen LogP contribution in [0.3, 0.4) is 0 Å². The number of halogens is 1. The summed E-state index contributed by atoms with van der Waals surface area (Å²) in [6.45, 7) is 3.68. The first-order valence-electron chi connectivity index (χ1n) is 3.32. The van der Waals surface area contributed by atoms with E-state index in [9.17, 15) is 4.79 Å². The highest BCUT2D eigenvalue weighted by molar-refractivity contribution is 14.1. The molecule has 0 aromatic rings. The van der Waals surface area contributed by atoms with Crippen LogP contribution in [-0.2, 0) is 9.53 Å². The molecule has 1 aliphatic rings. The summed E-state index contributed by atoms with van der Waals surface area (Å²) in [6, 6.07) is 0.00870. The summed E-state index contributed by atoms with van der Waals surface area (Å²) in [4.78, 5) is 11.0. The highest BCUT2D eigenvalue weighted by Crippen LogP contribution is 2.20. The second-order valence-corrected chi connectivity index (χ2v) is 3.94. The Kier molecular flexibility index (Phi) is 2.75. The normalized spacial score (nSPS) is 29.8. The van der Waals surface area contributed by atoms with Gasteiger partial charge < -0.3 is 10.1 Å². The monoisotopic (exact) mass is 267 g/mol. The minimum absolute atomic E-state index is 0.00870. The van der Waals surface area contributed by atoms with E-state index in [4.69, 9.17) is 4.74 Å². The number of nitrogens with one attached hydrogen (secondary N) is 1. The average Bonchev–Trinajstić information content (AvgIpc) is 2.31. The van der Waals surface area contributed by atoms with Crippen LogP contribution in [0.2, 0.25) is 0 Å². The van der Waals surface area contributed by atoms with Gasteiger partial charge in [-0.1, -0.05) is 29.2 Å². The third-order valence-corrected chi connectivity index (χ3v) is 2.77. The zero-order valence-electron chi connectivity index (χ0n) is 6.26. The smallest absolute Gasteiger partial charge is 0.233 e. The zero-order valence-corrected chi connectivity index (χ0v) is 8.42. The first-order chi connectivity index (χ1) is 5.15. The molecular formula is C7H10INO2. The van der Waals surface area contributed by atoms with E-state index in [0.717, 1.165) is 6.42 Å². The van der Waals surface area contributed by atoms with Gasteiger partial charge in [0.25, 0.3) is 0 Å². The van der Waals surface area contributed by atoms with Crippen LogP contribution in [-0.4, -0.2) is 23.0 Å². The molecule has 1 fully saturated rings. The molecule has 1 heterocycles. The molecule has 0 aromatic carbocycles. The molecule has 0 saturated carbocycles. The van der Waals surface area contributed by atoms with Crippen molar-refractivity contribution in [2.45, 2.75) is 16.4 Å². The van der Waals surface area contributed by atoms with Gasteiger partial charge in [0.15, 0.2) is 0 Å². The number of carbonyl (C=O) groups excluding carboxylic acids is 1. The lowest BCUT2D eigenvalue weighted by Gasteiger charge is -2.10. The fourth-order valence-corrected chi connectivity index (χ4v) is 1.68. The number of amides is 1. The van der Waals surface area contributed by atoms with Gasteiger partial charge in [-0.05, 0) is 6.42 Å². The summed E-state index contributed by atoms with van der Waals surface area (Å²) < 4.78 is 4.98. The Balaban J connectivity index is 2.53. The molecular weight excluding hydrogens is 257 g/mol. The molecule has 62 valence electrons. The van der Waals surface area contributed by atoms with Crippen LogP contribution in [0.25, 0.3) is 0 Å². The molecule has 2 atom stereocenters. The van der Waals surface area contributed by atoms with Gasteiger partial charge in [-0.2, -0.15) is 0 Å². The minimum atomic E-state index is 0.00870. The van der Waals surface area contributed by atoms with Crippen molar-refractivity contribution in [3.05, 3.63) is 12.3 Å². The van der Waals surface area contributed by atoms with Crippen molar-refractivity contribution < 1.29 is 9.53 Å². The second kappa shape index (κ2) is 3.42. The van der Waals surface area contributed by atoms with Crippen molar-refractivity contribution in [1.29, 1.82) is 0 Å². The molecule has 0 aliphatic carbocycles. The highest BCUT2D eigenvalue weighted by Gasteiger charge is 2.31. The van der Waals surface area contributed by atoms with Crippen LogP contribution in [0, 0.1) is 0 Å². The lowest BCUT2D eigenvalue weighted by Crippen LogP contribution is -2.28. The van der Waals surface area contributed by atoms with Crippen molar-refractivity contribution in [1.82, 2.24) is 5.32 Å². The fraction of sp³-hybridized carbons (Fsp3) is 0.571. The fourth-order valence-electron chi connectivity index (χ4n) is 0.989. The lowest BCUT2D eigenvalue weighted by molar-refractivity contribution is -0.118. The third kappa shape index (κ3) is 1.85. The molecule has 3 nitrogen and oxygen atoms in total. The number of alkyl halides is 1. The molecule has 4 heteroatoms. The Morgan fingerprint density at radius 2 is 2.55 bits per heavy atom. The maximum atomic E-state index is 11.0. The Hall–Kier alpha value is -0.260. The first-order valence-corrected chi connectivity index (χ1v) is 4.57. The summed E-state index contributed by atoms with van der Waals surface area (Å²) in [5.74, 6) is 0.714. The summed E-state index contributed by atoms with van der Waals surface area (Å²) in [5.41, 5.74) is 0. The van der Waals surface area contributed by atoms with E-state index in [1.165, 1.54) is 0 Å².